The number of ether oxygens (including phenoxy) is 1. The topological polar surface area (TPSA) is 64.4 Å². The maximum absolute atomic E-state index is 12.6. The quantitative estimate of drug-likeness (QED) is 0.248. The van der Waals surface area contributed by atoms with Gasteiger partial charge in [0.15, 0.2) is 5.58 Å². The van der Waals surface area contributed by atoms with E-state index in [0.717, 1.165) is 25.6 Å². The molecule has 1 aromatic heterocycles. The van der Waals surface area contributed by atoms with Crippen LogP contribution in [-0.2, 0) is 4.79 Å². The molecular formula is C24H17Br2ClN2O3. The van der Waals surface area contributed by atoms with Crippen LogP contribution in [-0.4, -0.2) is 18.0 Å². The summed E-state index contributed by atoms with van der Waals surface area (Å²) in [6.45, 7) is 1.99. The van der Waals surface area contributed by atoms with Crippen LogP contribution in [0.2, 0.25) is 5.02 Å². The predicted octanol–water partition coefficient (Wildman–Crippen LogP) is 7.64. The van der Waals surface area contributed by atoms with Crippen LogP contribution in [0.4, 0.5) is 5.69 Å². The molecule has 5 nitrogen and oxygen atoms in total. The van der Waals surface area contributed by atoms with Crippen LogP contribution in [0, 0.1) is 6.92 Å². The third-order valence-corrected chi connectivity index (χ3v) is 6.05. The van der Waals surface area contributed by atoms with Crippen molar-refractivity contribution in [2.45, 2.75) is 6.92 Å². The van der Waals surface area contributed by atoms with Crippen LogP contribution in [0.3, 0.4) is 0 Å². The van der Waals surface area contributed by atoms with Crippen LogP contribution in [0.15, 0.2) is 68.0 Å². The molecule has 4 aromatic rings. The van der Waals surface area contributed by atoms with E-state index in [4.69, 9.17) is 20.8 Å². The van der Waals surface area contributed by atoms with E-state index in [2.05, 4.69) is 42.2 Å². The molecular weight excluding hydrogens is 560 g/mol. The number of anilines is 1. The van der Waals surface area contributed by atoms with Gasteiger partial charge in [-0.1, -0.05) is 33.6 Å². The average Bonchev–Trinajstić information content (AvgIpc) is 3.16. The van der Waals surface area contributed by atoms with E-state index in [0.29, 0.717) is 33.5 Å². The van der Waals surface area contributed by atoms with Crippen LogP contribution in [0.1, 0.15) is 11.1 Å². The number of hydrogen-bond acceptors (Lipinski definition) is 4. The molecule has 8 heteroatoms. The number of nitrogens with zero attached hydrogens (tertiary/aromatic N) is 1. The molecule has 0 radical (unpaired) electrons. The fraction of sp³-hybridized carbons (Fsp3) is 0.0833. The molecule has 0 saturated carbocycles. The second-order valence-electron chi connectivity index (χ2n) is 7.02. The second kappa shape index (κ2) is 9.48. The number of carbonyl (C=O) groups is 1. The lowest BCUT2D eigenvalue weighted by Gasteiger charge is -2.09. The zero-order chi connectivity index (χ0) is 22.8. The molecule has 0 aliphatic heterocycles. The van der Waals surface area contributed by atoms with Crippen molar-refractivity contribution in [3.05, 3.63) is 79.7 Å². The summed E-state index contributed by atoms with van der Waals surface area (Å²) in [7, 11) is 1.57. The number of carbonyl (C=O) groups excluding carboxylic acids is 1. The van der Waals surface area contributed by atoms with Gasteiger partial charge in [0.05, 0.1) is 22.3 Å². The predicted molar refractivity (Wildman–Crippen MR) is 135 cm³/mol. The lowest BCUT2D eigenvalue weighted by atomic mass is 10.1. The Bertz CT molecular complexity index is 1370. The Labute approximate surface area is 206 Å². The molecule has 0 aliphatic rings. The van der Waals surface area contributed by atoms with E-state index in [1.807, 2.05) is 37.3 Å². The van der Waals surface area contributed by atoms with Gasteiger partial charge in [0, 0.05) is 21.7 Å². The van der Waals surface area contributed by atoms with Gasteiger partial charge in [0.2, 0.25) is 11.8 Å². The summed E-state index contributed by atoms with van der Waals surface area (Å²) in [5.41, 5.74) is 4.47. The number of oxazole rings is 1. The SMILES string of the molecule is COc1c(Br)cc(Br)cc1/C=C/C(=O)Nc1cc(-c2nc3ccc(C)cc3o2)ccc1Cl. The average molecular weight is 577 g/mol. The third-order valence-electron chi connectivity index (χ3n) is 4.67. The number of amides is 1. The standard InChI is InChI=1S/C24H17Br2ClN2O3/c1-13-3-7-19-21(9-13)32-24(29-19)15-4-6-18(27)20(11-15)28-22(30)8-5-14-10-16(25)12-17(26)23(14)31-2/h3-12H,1-2H3,(H,28,30)/b8-5+. The van der Waals surface area contributed by atoms with Gasteiger partial charge in [-0.3, -0.25) is 4.79 Å². The first kappa shape index (κ1) is 22.6. The molecule has 4 rings (SSSR count). The number of fused-ring (bicyclic) bond motifs is 1. The first-order chi connectivity index (χ1) is 15.3. The molecule has 0 aliphatic carbocycles. The molecule has 1 heterocycles. The summed E-state index contributed by atoms with van der Waals surface area (Å²) in [6.07, 6.45) is 3.09. The minimum Gasteiger partial charge on any atom is -0.495 e. The van der Waals surface area contributed by atoms with Gasteiger partial charge in [-0.05, 0) is 77.0 Å². The summed E-state index contributed by atoms with van der Waals surface area (Å²) in [5, 5.41) is 3.22. The van der Waals surface area contributed by atoms with Crippen LogP contribution >= 0.6 is 43.5 Å². The highest BCUT2D eigenvalue weighted by atomic mass is 79.9. The summed E-state index contributed by atoms with van der Waals surface area (Å²) in [6, 6.07) is 14.8. The molecule has 0 atom stereocenters. The fourth-order valence-electron chi connectivity index (χ4n) is 3.17. The summed E-state index contributed by atoms with van der Waals surface area (Å²) < 4.78 is 12.9. The minimum absolute atomic E-state index is 0.338. The number of benzene rings is 3. The van der Waals surface area contributed by atoms with Gasteiger partial charge in [-0.25, -0.2) is 4.98 Å². The van der Waals surface area contributed by atoms with Gasteiger partial charge >= 0.3 is 0 Å². The van der Waals surface area contributed by atoms with Crippen LogP contribution < -0.4 is 10.1 Å². The fourth-order valence-corrected chi connectivity index (χ4v) is 4.75. The lowest BCUT2D eigenvalue weighted by Crippen LogP contribution is -2.08. The first-order valence-corrected chi connectivity index (χ1v) is 11.5. The Morgan fingerprint density at radius 2 is 1.97 bits per heavy atom. The van der Waals surface area contributed by atoms with E-state index in [1.54, 1.807) is 31.4 Å². The third kappa shape index (κ3) is 4.90. The van der Waals surface area contributed by atoms with Crippen LogP contribution in [0.25, 0.3) is 28.6 Å². The van der Waals surface area contributed by atoms with E-state index in [-0.39, 0.29) is 5.91 Å². The van der Waals surface area contributed by atoms with E-state index in [1.165, 1.54) is 6.08 Å². The Hall–Kier alpha value is -2.61. The maximum atomic E-state index is 12.6. The van der Waals surface area contributed by atoms with Crippen molar-refractivity contribution in [3.63, 3.8) is 0 Å². The highest BCUT2D eigenvalue weighted by Crippen LogP contribution is 2.34. The molecule has 1 N–H and O–H groups in total. The number of hydrogen-bond donors (Lipinski definition) is 1. The number of rotatable bonds is 5. The Balaban J connectivity index is 1.58. The van der Waals surface area contributed by atoms with E-state index >= 15 is 0 Å². The highest BCUT2D eigenvalue weighted by molar-refractivity contribution is 9.11. The normalized spacial score (nSPS) is 11.3. The molecule has 32 heavy (non-hydrogen) atoms. The number of halogens is 3. The molecule has 0 unspecified atom stereocenters. The van der Waals surface area contributed by atoms with Crippen molar-refractivity contribution in [1.82, 2.24) is 4.98 Å². The van der Waals surface area contributed by atoms with Gasteiger partial charge in [-0.15, -0.1) is 0 Å². The molecule has 0 saturated heterocycles. The zero-order valence-electron chi connectivity index (χ0n) is 17.1. The maximum Gasteiger partial charge on any atom is 0.248 e. The molecule has 0 spiro atoms. The summed E-state index contributed by atoms with van der Waals surface area (Å²) in [5.74, 6) is 0.746. The first-order valence-electron chi connectivity index (χ1n) is 9.53. The van der Waals surface area contributed by atoms with Crippen molar-refractivity contribution in [2.75, 3.05) is 12.4 Å². The summed E-state index contributed by atoms with van der Waals surface area (Å²) >= 11 is 13.2. The van der Waals surface area contributed by atoms with Gasteiger partial charge in [0.25, 0.3) is 0 Å². The largest absolute Gasteiger partial charge is 0.495 e. The summed E-state index contributed by atoms with van der Waals surface area (Å²) in [4.78, 5) is 17.1. The number of aryl methyl sites for hydroxylation is 1. The van der Waals surface area contributed by atoms with Gasteiger partial charge < -0.3 is 14.5 Å². The molecule has 0 fully saturated rings. The van der Waals surface area contributed by atoms with Gasteiger partial charge in [-0.2, -0.15) is 0 Å². The van der Waals surface area contributed by atoms with Crippen molar-refractivity contribution in [2.24, 2.45) is 0 Å². The highest BCUT2D eigenvalue weighted by Gasteiger charge is 2.12. The Morgan fingerprint density at radius 3 is 2.75 bits per heavy atom. The lowest BCUT2D eigenvalue weighted by molar-refractivity contribution is -0.111. The smallest absolute Gasteiger partial charge is 0.248 e. The van der Waals surface area contributed by atoms with Crippen molar-refractivity contribution < 1.29 is 13.9 Å². The molecule has 0 bridgehead atoms. The monoisotopic (exact) mass is 574 g/mol. The zero-order valence-corrected chi connectivity index (χ0v) is 21.0. The van der Waals surface area contributed by atoms with Crippen molar-refractivity contribution in [3.8, 4) is 17.2 Å². The number of aromatic nitrogens is 1. The van der Waals surface area contributed by atoms with Crippen LogP contribution in [0.5, 0.6) is 5.75 Å². The molecule has 162 valence electrons. The molecule has 1 amide bonds. The second-order valence-corrected chi connectivity index (χ2v) is 9.19. The Morgan fingerprint density at radius 1 is 1.16 bits per heavy atom. The molecule has 3 aromatic carbocycles. The van der Waals surface area contributed by atoms with Gasteiger partial charge in [0.1, 0.15) is 11.3 Å². The van der Waals surface area contributed by atoms with Crippen molar-refractivity contribution in [1.29, 1.82) is 0 Å². The van der Waals surface area contributed by atoms with E-state index < -0.39 is 0 Å². The minimum atomic E-state index is -0.338. The van der Waals surface area contributed by atoms with Crippen molar-refractivity contribution >= 4 is 72.2 Å². The number of nitrogens with one attached hydrogen (secondary N) is 1. The van der Waals surface area contributed by atoms with E-state index in [9.17, 15) is 4.79 Å². The number of methoxy groups -OCH3 is 1. The Kier molecular flexibility index (Phi) is 6.69.